The van der Waals surface area contributed by atoms with Crippen molar-refractivity contribution in [3.63, 3.8) is 0 Å². The fourth-order valence-electron chi connectivity index (χ4n) is 3.09. The number of rotatable bonds is 7. The van der Waals surface area contributed by atoms with Crippen molar-refractivity contribution in [2.75, 3.05) is 11.9 Å². The molecule has 0 aliphatic heterocycles. The predicted octanol–water partition coefficient (Wildman–Crippen LogP) is 3.98. The molecule has 0 spiro atoms. The standard InChI is InChI=1S/C21H23NO6S/c1-3-26-21(25)18-15-8-4-5-9-16(15)29-20(18)22-19(24)13(2)28-17(23)11-10-14-7-6-12-27-14/h6-7,10-13H,3-5,8-9H2,1-2H3,(H,22,24). The summed E-state index contributed by atoms with van der Waals surface area (Å²) in [5.41, 5.74) is 1.39. The van der Waals surface area contributed by atoms with Gasteiger partial charge in [-0.3, -0.25) is 4.79 Å². The molecule has 2 heterocycles. The third-order valence-corrected chi connectivity index (χ3v) is 5.68. The second kappa shape index (κ2) is 9.56. The molecule has 0 fully saturated rings. The normalized spacial score (nSPS) is 14.3. The Morgan fingerprint density at radius 3 is 2.83 bits per heavy atom. The number of esters is 2. The van der Waals surface area contributed by atoms with Crippen LogP contribution in [0, 0.1) is 0 Å². The maximum Gasteiger partial charge on any atom is 0.341 e. The number of amides is 1. The minimum absolute atomic E-state index is 0.257. The van der Waals surface area contributed by atoms with E-state index >= 15 is 0 Å². The molecule has 1 N–H and O–H groups in total. The molecular formula is C21H23NO6S. The van der Waals surface area contributed by atoms with Gasteiger partial charge in [-0.15, -0.1) is 11.3 Å². The quantitative estimate of drug-likeness (QED) is 0.541. The monoisotopic (exact) mass is 417 g/mol. The molecule has 7 nitrogen and oxygen atoms in total. The van der Waals surface area contributed by atoms with Crippen molar-refractivity contribution in [2.24, 2.45) is 0 Å². The van der Waals surface area contributed by atoms with E-state index in [9.17, 15) is 14.4 Å². The number of hydrogen-bond acceptors (Lipinski definition) is 7. The average molecular weight is 417 g/mol. The Bertz CT molecular complexity index is 912. The van der Waals surface area contributed by atoms with E-state index in [4.69, 9.17) is 13.9 Å². The molecule has 1 aliphatic carbocycles. The van der Waals surface area contributed by atoms with Crippen LogP contribution in [0.5, 0.6) is 0 Å². The molecule has 8 heteroatoms. The second-order valence-corrected chi connectivity index (χ2v) is 7.66. The van der Waals surface area contributed by atoms with Gasteiger partial charge in [0.1, 0.15) is 10.8 Å². The lowest BCUT2D eigenvalue weighted by atomic mass is 9.95. The number of hydrogen-bond donors (Lipinski definition) is 1. The molecule has 0 aromatic carbocycles. The fraction of sp³-hybridized carbons (Fsp3) is 0.381. The van der Waals surface area contributed by atoms with E-state index in [-0.39, 0.29) is 6.61 Å². The van der Waals surface area contributed by atoms with E-state index in [0.29, 0.717) is 16.3 Å². The first-order valence-electron chi connectivity index (χ1n) is 9.54. The van der Waals surface area contributed by atoms with E-state index in [1.807, 2.05) is 0 Å². The van der Waals surface area contributed by atoms with Crippen LogP contribution in [0.2, 0.25) is 0 Å². The van der Waals surface area contributed by atoms with Gasteiger partial charge in [0.15, 0.2) is 6.10 Å². The Morgan fingerprint density at radius 1 is 1.31 bits per heavy atom. The van der Waals surface area contributed by atoms with Gasteiger partial charge in [0.05, 0.1) is 18.4 Å². The molecule has 0 radical (unpaired) electrons. The molecule has 1 amide bonds. The van der Waals surface area contributed by atoms with Crippen molar-refractivity contribution in [3.8, 4) is 0 Å². The van der Waals surface area contributed by atoms with E-state index in [1.165, 1.54) is 36.7 Å². The SMILES string of the molecule is CCOC(=O)c1c(NC(=O)C(C)OC(=O)C=Cc2ccco2)sc2c1CCCC2. The van der Waals surface area contributed by atoms with Crippen LogP contribution < -0.4 is 5.32 Å². The number of carbonyl (C=O) groups excluding carboxylic acids is 3. The van der Waals surface area contributed by atoms with Crippen molar-refractivity contribution < 1.29 is 28.3 Å². The molecule has 1 aliphatic rings. The van der Waals surface area contributed by atoms with Gasteiger partial charge in [-0.25, -0.2) is 9.59 Å². The highest BCUT2D eigenvalue weighted by molar-refractivity contribution is 7.17. The summed E-state index contributed by atoms with van der Waals surface area (Å²) >= 11 is 1.39. The van der Waals surface area contributed by atoms with Crippen LogP contribution in [-0.2, 0) is 31.9 Å². The van der Waals surface area contributed by atoms with Crippen molar-refractivity contribution in [1.29, 1.82) is 0 Å². The molecule has 0 bridgehead atoms. The highest BCUT2D eigenvalue weighted by Crippen LogP contribution is 2.38. The molecule has 2 aromatic rings. The summed E-state index contributed by atoms with van der Waals surface area (Å²) in [6, 6.07) is 3.39. The Morgan fingerprint density at radius 2 is 2.10 bits per heavy atom. The third-order valence-electron chi connectivity index (χ3n) is 4.48. The number of carbonyl (C=O) groups is 3. The van der Waals surface area contributed by atoms with Crippen LogP contribution in [0.25, 0.3) is 6.08 Å². The van der Waals surface area contributed by atoms with Crippen molar-refractivity contribution in [2.45, 2.75) is 45.6 Å². The van der Waals surface area contributed by atoms with Crippen LogP contribution in [0.4, 0.5) is 5.00 Å². The second-order valence-electron chi connectivity index (χ2n) is 6.55. The van der Waals surface area contributed by atoms with E-state index < -0.39 is 23.9 Å². The van der Waals surface area contributed by atoms with Gasteiger partial charge >= 0.3 is 11.9 Å². The van der Waals surface area contributed by atoms with Crippen molar-refractivity contribution >= 4 is 40.3 Å². The molecule has 3 rings (SSSR count). The van der Waals surface area contributed by atoms with Crippen molar-refractivity contribution in [1.82, 2.24) is 0 Å². The molecule has 0 saturated heterocycles. The lowest BCUT2D eigenvalue weighted by molar-refractivity contribution is -0.148. The predicted molar refractivity (Wildman–Crippen MR) is 109 cm³/mol. The van der Waals surface area contributed by atoms with Gasteiger partial charge in [-0.1, -0.05) is 0 Å². The molecule has 29 heavy (non-hydrogen) atoms. The van der Waals surface area contributed by atoms with Crippen LogP contribution in [0.15, 0.2) is 28.9 Å². The number of fused-ring (bicyclic) bond motifs is 1. The summed E-state index contributed by atoms with van der Waals surface area (Å²) in [6.07, 6.45) is 6.83. The van der Waals surface area contributed by atoms with E-state index in [0.717, 1.165) is 36.1 Å². The van der Waals surface area contributed by atoms with E-state index in [1.54, 1.807) is 19.1 Å². The zero-order valence-electron chi connectivity index (χ0n) is 16.4. The Hall–Kier alpha value is -2.87. The summed E-state index contributed by atoms with van der Waals surface area (Å²) in [5, 5.41) is 3.19. The third kappa shape index (κ3) is 5.14. The average Bonchev–Trinajstić information content (AvgIpc) is 3.33. The highest BCUT2D eigenvalue weighted by Gasteiger charge is 2.28. The summed E-state index contributed by atoms with van der Waals surface area (Å²) in [6.45, 7) is 3.48. The van der Waals surface area contributed by atoms with Gasteiger partial charge in [-0.2, -0.15) is 0 Å². The number of furan rings is 1. The summed E-state index contributed by atoms with van der Waals surface area (Å²) < 4.78 is 15.4. The molecular weight excluding hydrogens is 394 g/mol. The van der Waals surface area contributed by atoms with Crippen LogP contribution in [0.1, 0.15) is 53.2 Å². The Balaban J connectivity index is 1.68. The zero-order valence-corrected chi connectivity index (χ0v) is 17.2. The minimum Gasteiger partial charge on any atom is -0.465 e. The van der Waals surface area contributed by atoms with Gasteiger partial charge in [-0.05, 0) is 63.3 Å². The smallest absolute Gasteiger partial charge is 0.341 e. The van der Waals surface area contributed by atoms with Gasteiger partial charge in [0.25, 0.3) is 5.91 Å². The van der Waals surface area contributed by atoms with Gasteiger partial charge in [0, 0.05) is 11.0 Å². The maximum atomic E-state index is 12.5. The molecule has 2 aromatic heterocycles. The summed E-state index contributed by atoms with van der Waals surface area (Å²) in [7, 11) is 0. The highest BCUT2D eigenvalue weighted by atomic mass is 32.1. The van der Waals surface area contributed by atoms with Crippen LogP contribution in [0.3, 0.4) is 0 Å². The Labute approximate surface area is 172 Å². The molecule has 154 valence electrons. The Kier molecular flexibility index (Phi) is 6.87. The number of thiophene rings is 1. The summed E-state index contributed by atoms with van der Waals surface area (Å²) in [4.78, 5) is 38.0. The van der Waals surface area contributed by atoms with Gasteiger partial charge in [0.2, 0.25) is 0 Å². The van der Waals surface area contributed by atoms with Crippen molar-refractivity contribution in [3.05, 3.63) is 46.2 Å². The molecule has 1 atom stereocenters. The molecule has 1 unspecified atom stereocenters. The van der Waals surface area contributed by atoms with Crippen LogP contribution >= 0.6 is 11.3 Å². The molecule has 0 saturated carbocycles. The fourth-order valence-corrected chi connectivity index (χ4v) is 4.37. The lowest BCUT2D eigenvalue weighted by Crippen LogP contribution is -2.29. The first-order chi connectivity index (χ1) is 14.0. The number of ether oxygens (including phenoxy) is 2. The minimum atomic E-state index is -1.03. The van der Waals surface area contributed by atoms with Crippen LogP contribution in [-0.4, -0.2) is 30.6 Å². The number of nitrogens with one attached hydrogen (secondary N) is 1. The first kappa shape index (κ1) is 20.9. The van der Waals surface area contributed by atoms with E-state index in [2.05, 4.69) is 5.32 Å². The largest absolute Gasteiger partial charge is 0.465 e. The number of aryl methyl sites for hydroxylation is 1. The number of anilines is 1. The van der Waals surface area contributed by atoms with Gasteiger partial charge < -0.3 is 19.2 Å². The lowest BCUT2D eigenvalue weighted by Gasteiger charge is -2.13. The maximum absolute atomic E-state index is 12.5. The topological polar surface area (TPSA) is 94.8 Å². The summed E-state index contributed by atoms with van der Waals surface area (Å²) in [5.74, 6) is -1.11. The first-order valence-corrected chi connectivity index (χ1v) is 10.4. The zero-order chi connectivity index (χ0) is 20.8.